The van der Waals surface area contributed by atoms with Gasteiger partial charge in [0, 0.05) is 12.6 Å². The summed E-state index contributed by atoms with van der Waals surface area (Å²) >= 11 is 4.61. The number of carbonyl (C=O) groups is 2. The molecular formula is C11H20N4O2S. The van der Waals surface area contributed by atoms with Gasteiger partial charge in [-0.05, 0) is 26.4 Å². The first-order valence-corrected chi connectivity index (χ1v) is 6.46. The standard InChI is InChI=1S/C11H20N4O2S/c1-15-5-3-2-4-8(15)6-13-10(16)11(17)14-7-9(12)18/h8H,2-7H2,1H3,(H2,12,18)(H,13,16)(H,14,17). The third kappa shape index (κ3) is 4.97. The van der Waals surface area contributed by atoms with Gasteiger partial charge in [0.25, 0.3) is 0 Å². The van der Waals surface area contributed by atoms with Crippen molar-refractivity contribution in [3.05, 3.63) is 0 Å². The smallest absolute Gasteiger partial charge is 0.309 e. The molecule has 0 bridgehead atoms. The van der Waals surface area contributed by atoms with E-state index in [-0.39, 0.29) is 11.5 Å². The third-order valence-corrected chi connectivity index (χ3v) is 3.19. The van der Waals surface area contributed by atoms with Crippen LogP contribution in [0.15, 0.2) is 0 Å². The van der Waals surface area contributed by atoms with E-state index in [4.69, 9.17) is 5.73 Å². The highest BCUT2D eigenvalue weighted by atomic mass is 32.1. The molecule has 1 atom stereocenters. The normalized spacial score (nSPS) is 20.2. The summed E-state index contributed by atoms with van der Waals surface area (Å²) < 4.78 is 0. The highest BCUT2D eigenvalue weighted by molar-refractivity contribution is 7.80. The predicted molar refractivity (Wildman–Crippen MR) is 73.1 cm³/mol. The van der Waals surface area contributed by atoms with E-state index in [0.717, 1.165) is 13.0 Å². The molecule has 4 N–H and O–H groups in total. The van der Waals surface area contributed by atoms with Crippen molar-refractivity contribution in [1.29, 1.82) is 0 Å². The topological polar surface area (TPSA) is 87.5 Å². The first kappa shape index (κ1) is 14.8. The molecule has 0 spiro atoms. The van der Waals surface area contributed by atoms with Crippen molar-refractivity contribution in [1.82, 2.24) is 15.5 Å². The molecule has 7 heteroatoms. The van der Waals surface area contributed by atoms with Gasteiger partial charge in [0.15, 0.2) is 0 Å². The summed E-state index contributed by atoms with van der Waals surface area (Å²) in [6, 6.07) is 0.311. The quantitative estimate of drug-likeness (QED) is 0.451. The molecule has 0 aromatic carbocycles. The maximum absolute atomic E-state index is 11.5. The molecule has 0 saturated carbocycles. The van der Waals surface area contributed by atoms with E-state index in [2.05, 4.69) is 27.8 Å². The van der Waals surface area contributed by atoms with Gasteiger partial charge in [-0.3, -0.25) is 9.59 Å². The van der Waals surface area contributed by atoms with E-state index in [0.29, 0.717) is 12.6 Å². The lowest BCUT2D eigenvalue weighted by Crippen LogP contribution is -2.48. The number of likely N-dealkylation sites (N-methyl/N-ethyl adjacent to an activating group) is 1. The minimum atomic E-state index is -0.693. The van der Waals surface area contributed by atoms with E-state index in [1.807, 2.05) is 7.05 Å². The predicted octanol–water partition coefficient (Wildman–Crippen LogP) is -1.01. The molecule has 0 aliphatic carbocycles. The summed E-state index contributed by atoms with van der Waals surface area (Å²) in [6.45, 7) is 1.58. The number of rotatable bonds is 4. The Labute approximate surface area is 112 Å². The van der Waals surface area contributed by atoms with Crippen LogP contribution in [0.2, 0.25) is 0 Å². The van der Waals surface area contributed by atoms with Gasteiger partial charge in [-0.25, -0.2) is 0 Å². The van der Waals surface area contributed by atoms with Crippen LogP contribution >= 0.6 is 12.2 Å². The maximum Gasteiger partial charge on any atom is 0.309 e. The zero-order chi connectivity index (χ0) is 13.5. The Hall–Kier alpha value is -1.21. The number of nitrogens with zero attached hydrogens (tertiary/aromatic N) is 1. The lowest BCUT2D eigenvalue weighted by molar-refractivity contribution is -0.139. The SMILES string of the molecule is CN1CCCCC1CNC(=O)C(=O)NCC(N)=S. The number of hydrogen-bond acceptors (Lipinski definition) is 4. The second-order valence-corrected chi connectivity index (χ2v) is 5.01. The van der Waals surface area contributed by atoms with Crippen molar-refractivity contribution in [2.45, 2.75) is 25.3 Å². The fourth-order valence-corrected chi connectivity index (χ4v) is 2.01. The van der Waals surface area contributed by atoms with Gasteiger partial charge < -0.3 is 21.3 Å². The van der Waals surface area contributed by atoms with Gasteiger partial charge in [-0.15, -0.1) is 0 Å². The molecule has 1 saturated heterocycles. The van der Waals surface area contributed by atoms with Crippen molar-refractivity contribution in [3.8, 4) is 0 Å². The van der Waals surface area contributed by atoms with Gasteiger partial charge in [0.1, 0.15) is 0 Å². The van der Waals surface area contributed by atoms with Crippen LogP contribution in [0.3, 0.4) is 0 Å². The van der Waals surface area contributed by atoms with Gasteiger partial charge in [-0.1, -0.05) is 18.6 Å². The number of hydrogen-bond donors (Lipinski definition) is 3. The number of thiocarbonyl (C=S) groups is 1. The largest absolute Gasteiger partial charge is 0.392 e. The first-order chi connectivity index (χ1) is 8.50. The van der Waals surface area contributed by atoms with E-state index in [1.54, 1.807) is 0 Å². The van der Waals surface area contributed by atoms with Crippen LogP contribution in [0.25, 0.3) is 0 Å². The lowest BCUT2D eigenvalue weighted by Gasteiger charge is -2.32. The van der Waals surface area contributed by atoms with Crippen LogP contribution in [0.4, 0.5) is 0 Å². The summed E-state index contributed by atoms with van der Waals surface area (Å²) in [4.78, 5) is 25.2. The monoisotopic (exact) mass is 272 g/mol. The number of likely N-dealkylation sites (tertiary alicyclic amines) is 1. The fourth-order valence-electron chi connectivity index (χ4n) is 1.94. The van der Waals surface area contributed by atoms with Crippen LogP contribution in [-0.4, -0.2) is 54.4 Å². The zero-order valence-corrected chi connectivity index (χ0v) is 11.4. The molecule has 1 unspecified atom stereocenters. The molecule has 0 radical (unpaired) electrons. The highest BCUT2D eigenvalue weighted by Gasteiger charge is 2.21. The summed E-state index contributed by atoms with van der Waals surface area (Å²) in [5, 5.41) is 4.98. The molecule has 1 aliphatic heterocycles. The van der Waals surface area contributed by atoms with Crippen molar-refractivity contribution >= 4 is 29.0 Å². The Morgan fingerprint density at radius 2 is 2.00 bits per heavy atom. The summed E-state index contributed by atoms with van der Waals surface area (Å²) in [5.74, 6) is -1.33. The van der Waals surface area contributed by atoms with Gasteiger partial charge in [0.05, 0.1) is 11.5 Å². The molecule has 0 aromatic heterocycles. The Morgan fingerprint density at radius 1 is 1.33 bits per heavy atom. The van der Waals surface area contributed by atoms with Crippen molar-refractivity contribution in [3.63, 3.8) is 0 Å². The van der Waals surface area contributed by atoms with Crippen LogP contribution in [0.1, 0.15) is 19.3 Å². The minimum Gasteiger partial charge on any atom is -0.392 e. The fraction of sp³-hybridized carbons (Fsp3) is 0.727. The van der Waals surface area contributed by atoms with Gasteiger partial charge >= 0.3 is 11.8 Å². The van der Waals surface area contributed by atoms with Gasteiger partial charge in [-0.2, -0.15) is 0 Å². The Morgan fingerprint density at radius 3 is 2.61 bits per heavy atom. The number of nitrogens with two attached hydrogens (primary N) is 1. The Kier molecular flexibility index (Phi) is 6.00. The van der Waals surface area contributed by atoms with E-state index >= 15 is 0 Å². The van der Waals surface area contributed by atoms with E-state index in [1.165, 1.54) is 12.8 Å². The Balaban J connectivity index is 2.27. The van der Waals surface area contributed by atoms with Crippen molar-refractivity contribution in [2.75, 3.05) is 26.7 Å². The average Bonchev–Trinajstić information content (AvgIpc) is 2.34. The molecule has 1 rings (SSSR count). The minimum absolute atomic E-state index is 0.0465. The summed E-state index contributed by atoms with van der Waals surface area (Å²) in [6.07, 6.45) is 3.40. The summed E-state index contributed by atoms with van der Waals surface area (Å²) in [7, 11) is 2.03. The molecule has 2 amide bonds. The van der Waals surface area contributed by atoms with E-state index in [9.17, 15) is 9.59 Å². The molecular weight excluding hydrogens is 252 g/mol. The first-order valence-electron chi connectivity index (χ1n) is 6.05. The number of nitrogens with one attached hydrogen (secondary N) is 2. The lowest BCUT2D eigenvalue weighted by atomic mass is 10.0. The molecule has 0 aromatic rings. The second-order valence-electron chi connectivity index (χ2n) is 4.49. The Bertz CT molecular complexity index is 335. The zero-order valence-electron chi connectivity index (χ0n) is 10.6. The average molecular weight is 272 g/mol. The molecule has 1 fully saturated rings. The molecule has 6 nitrogen and oxygen atoms in total. The maximum atomic E-state index is 11.5. The van der Waals surface area contributed by atoms with E-state index < -0.39 is 11.8 Å². The number of carbonyl (C=O) groups excluding carboxylic acids is 2. The number of piperidine rings is 1. The van der Waals surface area contributed by atoms with Crippen molar-refractivity contribution in [2.24, 2.45) is 5.73 Å². The van der Waals surface area contributed by atoms with Gasteiger partial charge in [0.2, 0.25) is 0 Å². The number of amides is 2. The molecule has 1 aliphatic rings. The molecule has 1 heterocycles. The molecule has 18 heavy (non-hydrogen) atoms. The second kappa shape index (κ2) is 7.27. The van der Waals surface area contributed by atoms with Crippen LogP contribution in [-0.2, 0) is 9.59 Å². The molecule has 102 valence electrons. The highest BCUT2D eigenvalue weighted by Crippen LogP contribution is 2.13. The third-order valence-electron chi connectivity index (χ3n) is 3.05. The summed E-state index contributed by atoms with van der Waals surface area (Å²) in [5.41, 5.74) is 5.23. The van der Waals surface area contributed by atoms with Crippen LogP contribution in [0.5, 0.6) is 0 Å². The van der Waals surface area contributed by atoms with Crippen LogP contribution in [0, 0.1) is 0 Å². The van der Waals surface area contributed by atoms with Crippen molar-refractivity contribution < 1.29 is 9.59 Å². The van der Waals surface area contributed by atoms with Crippen LogP contribution < -0.4 is 16.4 Å².